The van der Waals surface area contributed by atoms with E-state index in [4.69, 9.17) is 16.4 Å². The van der Waals surface area contributed by atoms with E-state index >= 15 is 0 Å². The van der Waals surface area contributed by atoms with Crippen molar-refractivity contribution in [3.8, 4) is 0 Å². The van der Waals surface area contributed by atoms with Crippen molar-refractivity contribution in [1.82, 2.24) is 10.0 Å². The van der Waals surface area contributed by atoms with E-state index in [0.29, 0.717) is 10.6 Å². The van der Waals surface area contributed by atoms with Gasteiger partial charge in [-0.3, -0.25) is 4.98 Å². The van der Waals surface area contributed by atoms with Crippen LogP contribution in [0.2, 0.25) is 5.02 Å². The average Bonchev–Trinajstić information content (AvgIpc) is 3.24. The van der Waals surface area contributed by atoms with Crippen molar-refractivity contribution in [2.45, 2.75) is 24.8 Å². The Morgan fingerprint density at radius 3 is 2.76 bits per heavy atom. The monoisotopic (exact) mass is 357 g/mol. The molecule has 2 aromatic rings. The van der Waals surface area contributed by atoms with Crippen LogP contribution in [0.15, 0.2) is 48.8 Å². The zero-order chi connectivity index (χ0) is 17.3. The summed E-state index contributed by atoms with van der Waals surface area (Å²) >= 11 is 5.89. The minimum atomic E-state index is -0.322. The van der Waals surface area contributed by atoms with Crippen LogP contribution in [0.25, 0.3) is 0 Å². The first-order chi connectivity index (χ1) is 12.2. The summed E-state index contributed by atoms with van der Waals surface area (Å²) in [6, 6.07) is 10.8. The molecule has 6 heteroatoms. The van der Waals surface area contributed by atoms with E-state index in [2.05, 4.69) is 16.0 Å². The number of benzene rings is 1. The molecule has 4 rings (SSSR count). The summed E-state index contributed by atoms with van der Waals surface area (Å²) in [4.78, 5) is 24.8. The highest BCUT2D eigenvalue weighted by Gasteiger charge is 2.48. The number of rotatable bonds is 3. The fraction of sp³-hybridized carbons (Fsp3) is 0.368. The van der Waals surface area contributed by atoms with Crippen molar-refractivity contribution >= 4 is 23.3 Å². The van der Waals surface area contributed by atoms with Gasteiger partial charge in [0.2, 0.25) is 0 Å². The first kappa shape index (κ1) is 16.4. The molecule has 1 spiro atoms. The van der Waals surface area contributed by atoms with E-state index in [1.807, 2.05) is 17.3 Å². The zero-order valence-electron chi connectivity index (χ0n) is 13.9. The molecule has 2 aliphatic rings. The molecule has 2 fully saturated rings. The second-order valence-corrected chi connectivity index (χ2v) is 7.13. The van der Waals surface area contributed by atoms with Gasteiger partial charge in [-0.1, -0.05) is 11.6 Å². The van der Waals surface area contributed by atoms with Crippen LogP contribution in [0.3, 0.4) is 0 Å². The first-order valence-corrected chi connectivity index (χ1v) is 8.95. The normalized spacial score (nSPS) is 23.3. The minimum Gasteiger partial charge on any atom is -0.368 e. The number of hydroxylamine groups is 2. The molecule has 1 atom stereocenters. The summed E-state index contributed by atoms with van der Waals surface area (Å²) in [6.45, 7) is 2.58. The van der Waals surface area contributed by atoms with Crippen LogP contribution in [-0.2, 0) is 4.84 Å². The molecular formula is C19H20ClN3O2. The van der Waals surface area contributed by atoms with Crippen LogP contribution in [-0.4, -0.2) is 41.2 Å². The lowest BCUT2D eigenvalue weighted by molar-refractivity contribution is -0.150. The zero-order valence-corrected chi connectivity index (χ0v) is 14.7. The van der Waals surface area contributed by atoms with Gasteiger partial charge in [-0.15, -0.1) is 5.06 Å². The van der Waals surface area contributed by atoms with E-state index in [-0.39, 0.29) is 11.5 Å². The number of anilines is 1. The molecule has 2 saturated heterocycles. The van der Waals surface area contributed by atoms with Crippen molar-refractivity contribution in [2.75, 3.05) is 24.5 Å². The molecule has 25 heavy (non-hydrogen) atoms. The summed E-state index contributed by atoms with van der Waals surface area (Å²) in [5.74, 6) is -0.322. The van der Waals surface area contributed by atoms with Crippen molar-refractivity contribution in [3.05, 3.63) is 59.4 Å². The van der Waals surface area contributed by atoms with Gasteiger partial charge in [-0.25, -0.2) is 4.79 Å². The van der Waals surface area contributed by atoms with Crippen LogP contribution in [0, 0.1) is 0 Å². The molecular weight excluding hydrogens is 338 g/mol. The van der Waals surface area contributed by atoms with E-state index in [1.54, 1.807) is 30.5 Å². The minimum absolute atomic E-state index is 0.0993. The fourth-order valence-corrected chi connectivity index (χ4v) is 3.95. The number of carbonyl (C=O) groups is 1. The first-order valence-electron chi connectivity index (χ1n) is 8.57. The molecule has 0 saturated carbocycles. The number of hydrogen-bond donors (Lipinski definition) is 0. The molecule has 0 N–H and O–H groups in total. The maximum atomic E-state index is 12.5. The Hall–Kier alpha value is -2.11. The maximum absolute atomic E-state index is 12.5. The molecule has 130 valence electrons. The predicted octanol–water partition coefficient (Wildman–Crippen LogP) is 3.55. The van der Waals surface area contributed by atoms with Crippen LogP contribution in [0.5, 0.6) is 0 Å². The summed E-state index contributed by atoms with van der Waals surface area (Å²) in [7, 11) is 0. The molecule has 1 aromatic heterocycles. The van der Waals surface area contributed by atoms with E-state index in [9.17, 15) is 4.79 Å². The van der Waals surface area contributed by atoms with Gasteiger partial charge >= 0.3 is 5.97 Å². The maximum Gasteiger partial charge on any atom is 0.357 e. The molecule has 0 bridgehead atoms. The number of carbonyl (C=O) groups excluding carboxylic acids is 1. The largest absolute Gasteiger partial charge is 0.368 e. The number of hydrogen-bond acceptors (Lipinski definition) is 5. The van der Waals surface area contributed by atoms with E-state index in [0.717, 1.165) is 44.6 Å². The summed E-state index contributed by atoms with van der Waals surface area (Å²) in [5, 5.41) is 2.51. The molecule has 0 amide bonds. The third-order valence-electron chi connectivity index (χ3n) is 5.15. The Bertz CT molecular complexity index is 753. The average molecular weight is 358 g/mol. The van der Waals surface area contributed by atoms with Gasteiger partial charge in [0.25, 0.3) is 0 Å². The Kier molecular flexibility index (Phi) is 4.36. The lowest BCUT2D eigenvalue weighted by Crippen LogP contribution is -2.47. The van der Waals surface area contributed by atoms with Crippen LogP contribution < -0.4 is 4.90 Å². The lowest BCUT2D eigenvalue weighted by atomic mass is 9.96. The van der Waals surface area contributed by atoms with Crippen LogP contribution >= 0.6 is 11.6 Å². The summed E-state index contributed by atoms with van der Waals surface area (Å²) in [5.41, 5.74) is 1.54. The third-order valence-corrected chi connectivity index (χ3v) is 5.40. The molecule has 0 aliphatic carbocycles. The number of nitrogens with zero attached hydrogens (tertiary/aromatic N) is 3. The third kappa shape index (κ3) is 3.22. The van der Waals surface area contributed by atoms with Gasteiger partial charge in [0.1, 0.15) is 0 Å². The fourth-order valence-electron chi connectivity index (χ4n) is 3.82. The summed E-state index contributed by atoms with van der Waals surface area (Å²) in [6.07, 6.45) is 6.73. The number of halogens is 1. The Balaban J connectivity index is 1.47. The highest BCUT2D eigenvalue weighted by atomic mass is 35.5. The van der Waals surface area contributed by atoms with Crippen molar-refractivity contribution in [3.63, 3.8) is 0 Å². The van der Waals surface area contributed by atoms with Crippen molar-refractivity contribution in [1.29, 1.82) is 0 Å². The Morgan fingerprint density at radius 2 is 2.00 bits per heavy atom. The highest BCUT2D eigenvalue weighted by molar-refractivity contribution is 6.30. The van der Waals surface area contributed by atoms with E-state index < -0.39 is 0 Å². The number of aromatic nitrogens is 1. The Morgan fingerprint density at radius 1 is 1.16 bits per heavy atom. The van der Waals surface area contributed by atoms with Gasteiger partial charge in [0.05, 0.1) is 23.0 Å². The van der Waals surface area contributed by atoms with Gasteiger partial charge in [0.15, 0.2) is 0 Å². The standard InChI is InChI=1S/C19H20ClN3O2/c20-16-6-4-15(5-7-16)18(24)25-23-11-2-8-19(23)9-12-22(14-19)17-3-1-10-21-13-17/h1,3-7,10,13H,2,8-9,11-12,14H2/t19-/m1/s1. The van der Waals surface area contributed by atoms with Gasteiger partial charge < -0.3 is 9.74 Å². The SMILES string of the molecule is O=C(ON1CCC[C@]12CCN(c1cccnc1)C2)c1ccc(Cl)cc1. The van der Waals surface area contributed by atoms with E-state index in [1.165, 1.54) is 0 Å². The molecule has 5 nitrogen and oxygen atoms in total. The molecule has 0 radical (unpaired) electrons. The topological polar surface area (TPSA) is 45.7 Å². The van der Waals surface area contributed by atoms with Gasteiger partial charge in [-0.05, 0) is 55.7 Å². The van der Waals surface area contributed by atoms with Crippen LogP contribution in [0.4, 0.5) is 5.69 Å². The second kappa shape index (κ2) is 6.65. The molecule has 1 aromatic carbocycles. The van der Waals surface area contributed by atoms with Crippen molar-refractivity contribution in [2.24, 2.45) is 0 Å². The number of pyridine rings is 1. The van der Waals surface area contributed by atoms with Crippen LogP contribution in [0.1, 0.15) is 29.6 Å². The lowest BCUT2D eigenvalue weighted by Gasteiger charge is -2.33. The smallest absolute Gasteiger partial charge is 0.357 e. The second-order valence-electron chi connectivity index (χ2n) is 6.70. The molecule has 3 heterocycles. The summed E-state index contributed by atoms with van der Waals surface area (Å²) < 4.78 is 0. The highest BCUT2D eigenvalue weighted by Crippen LogP contribution is 2.39. The van der Waals surface area contributed by atoms with Gasteiger partial charge in [-0.2, -0.15) is 0 Å². The van der Waals surface area contributed by atoms with Gasteiger partial charge in [0, 0.05) is 30.9 Å². The predicted molar refractivity (Wildman–Crippen MR) is 96.6 cm³/mol. The Labute approximate surface area is 152 Å². The molecule has 0 unspecified atom stereocenters. The quantitative estimate of drug-likeness (QED) is 0.840. The molecule has 2 aliphatic heterocycles. The van der Waals surface area contributed by atoms with Crippen molar-refractivity contribution < 1.29 is 9.63 Å².